The lowest BCUT2D eigenvalue weighted by atomic mass is 10.0. The van der Waals surface area contributed by atoms with E-state index in [-0.39, 0.29) is 17.9 Å². The average molecular weight is 320 g/mol. The number of rotatable bonds is 2. The number of hydrogen-bond donors (Lipinski definition) is 2. The molecule has 1 aromatic carbocycles. The largest absolute Gasteiger partial charge is 0.491 e. The monoisotopic (exact) mass is 320 g/mol. The fourth-order valence-corrected chi connectivity index (χ4v) is 3.09. The molecule has 0 spiro atoms. The Morgan fingerprint density at radius 1 is 1.35 bits per heavy atom. The maximum absolute atomic E-state index is 12.7. The van der Waals surface area contributed by atoms with Gasteiger partial charge in [-0.1, -0.05) is 6.07 Å². The predicted octanol–water partition coefficient (Wildman–Crippen LogP) is 1.12. The molecule has 0 aliphatic carbocycles. The summed E-state index contributed by atoms with van der Waals surface area (Å²) in [4.78, 5) is 26.0. The summed E-state index contributed by atoms with van der Waals surface area (Å²) in [6.07, 6.45) is 0.755. The van der Waals surface area contributed by atoms with Crippen LogP contribution in [0.3, 0.4) is 0 Å². The third kappa shape index (κ3) is 3.02. The van der Waals surface area contributed by atoms with Crippen LogP contribution in [0.1, 0.15) is 35.3 Å². The Morgan fingerprint density at radius 3 is 2.87 bits per heavy atom. The van der Waals surface area contributed by atoms with Crippen LogP contribution in [-0.4, -0.2) is 48.3 Å². The van der Waals surface area contributed by atoms with Gasteiger partial charge in [-0.2, -0.15) is 0 Å². The summed E-state index contributed by atoms with van der Waals surface area (Å²) in [5.74, 6) is -0.0250. The minimum atomic E-state index is -0.593. The first-order valence-corrected chi connectivity index (χ1v) is 7.71. The van der Waals surface area contributed by atoms with Crippen molar-refractivity contribution in [3.8, 4) is 5.75 Å². The first-order chi connectivity index (χ1) is 11.1. The Hall–Kier alpha value is -2.12. The van der Waals surface area contributed by atoms with Gasteiger partial charge in [0.25, 0.3) is 5.91 Å². The number of nitrogens with one attached hydrogen (secondary N) is 1. The standard InChI is InChI=1S/C16H20N2O5/c1-10-13-3-2-11(15(19)17-21)8-14(13)23-7-5-18(10)16(20)12-4-6-22-9-12/h2-3,8,10,12,21H,4-7,9H2,1H3,(H,17,19)/t10?,12-/m1/s1. The lowest BCUT2D eigenvalue weighted by Gasteiger charge is -2.29. The van der Waals surface area contributed by atoms with E-state index in [9.17, 15) is 9.59 Å². The SMILES string of the molecule is CC1c2ccc(C(=O)NO)cc2OCCN1C(=O)[C@@H]1CCOC1. The summed E-state index contributed by atoms with van der Waals surface area (Å²) in [5, 5.41) is 8.73. The molecular weight excluding hydrogens is 300 g/mol. The van der Waals surface area contributed by atoms with Gasteiger partial charge in [0.2, 0.25) is 5.91 Å². The normalized spacial score (nSPS) is 23.7. The van der Waals surface area contributed by atoms with Gasteiger partial charge < -0.3 is 14.4 Å². The lowest BCUT2D eigenvalue weighted by Crippen LogP contribution is -2.39. The molecule has 0 radical (unpaired) electrons. The molecule has 2 aliphatic rings. The van der Waals surface area contributed by atoms with Gasteiger partial charge in [-0.05, 0) is 25.5 Å². The van der Waals surface area contributed by atoms with Gasteiger partial charge in [0.15, 0.2) is 0 Å². The van der Waals surface area contributed by atoms with Gasteiger partial charge in [0.1, 0.15) is 12.4 Å². The Kier molecular flexibility index (Phi) is 4.49. The van der Waals surface area contributed by atoms with E-state index in [1.54, 1.807) is 23.7 Å². The molecule has 2 heterocycles. The molecule has 2 N–H and O–H groups in total. The number of ether oxygens (including phenoxy) is 2. The van der Waals surface area contributed by atoms with E-state index in [2.05, 4.69) is 0 Å². The number of nitrogens with zero attached hydrogens (tertiary/aromatic N) is 1. The molecule has 23 heavy (non-hydrogen) atoms. The third-order valence-corrected chi connectivity index (χ3v) is 4.45. The third-order valence-electron chi connectivity index (χ3n) is 4.45. The number of carbonyl (C=O) groups is 2. The molecule has 1 unspecified atom stereocenters. The number of carbonyl (C=O) groups excluding carboxylic acids is 2. The summed E-state index contributed by atoms with van der Waals surface area (Å²) in [6, 6.07) is 4.81. The van der Waals surface area contributed by atoms with Gasteiger partial charge >= 0.3 is 0 Å². The molecule has 1 saturated heterocycles. The first-order valence-electron chi connectivity index (χ1n) is 7.71. The molecule has 7 heteroatoms. The van der Waals surface area contributed by atoms with E-state index < -0.39 is 5.91 Å². The minimum absolute atomic E-state index is 0.0848. The Labute approximate surface area is 134 Å². The van der Waals surface area contributed by atoms with Crippen molar-refractivity contribution >= 4 is 11.8 Å². The van der Waals surface area contributed by atoms with Crippen molar-refractivity contribution in [1.82, 2.24) is 10.4 Å². The molecule has 0 bridgehead atoms. The molecule has 2 amide bonds. The Balaban J connectivity index is 1.86. The van der Waals surface area contributed by atoms with Crippen molar-refractivity contribution in [3.05, 3.63) is 29.3 Å². The lowest BCUT2D eigenvalue weighted by molar-refractivity contribution is -0.137. The molecule has 2 atom stereocenters. The van der Waals surface area contributed by atoms with E-state index in [1.807, 2.05) is 11.8 Å². The van der Waals surface area contributed by atoms with Crippen molar-refractivity contribution in [2.24, 2.45) is 5.92 Å². The molecule has 3 rings (SSSR count). The predicted molar refractivity (Wildman–Crippen MR) is 80.2 cm³/mol. The second kappa shape index (κ2) is 6.55. The van der Waals surface area contributed by atoms with Crippen LogP contribution in [-0.2, 0) is 9.53 Å². The second-order valence-electron chi connectivity index (χ2n) is 5.81. The first kappa shape index (κ1) is 15.8. The van der Waals surface area contributed by atoms with Crippen LogP contribution in [0.15, 0.2) is 18.2 Å². The van der Waals surface area contributed by atoms with Crippen molar-refractivity contribution in [3.63, 3.8) is 0 Å². The zero-order chi connectivity index (χ0) is 16.4. The number of hydrogen-bond acceptors (Lipinski definition) is 5. The highest BCUT2D eigenvalue weighted by Gasteiger charge is 2.33. The van der Waals surface area contributed by atoms with Gasteiger partial charge in [-0.15, -0.1) is 0 Å². The van der Waals surface area contributed by atoms with Crippen LogP contribution >= 0.6 is 0 Å². The molecule has 1 aromatic rings. The highest BCUT2D eigenvalue weighted by Crippen LogP contribution is 2.34. The maximum atomic E-state index is 12.7. The highest BCUT2D eigenvalue weighted by atomic mass is 16.5. The maximum Gasteiger partial charge on any atom is 0.274 e. The van der Waals surface area contributed by atoms with E-state index in [4.69, 9.17) is 14.7 Å². The van der Waals surface area contributed by atoms with Crippen LogP contribution in [0.5, 0.6) is 5.75 Å². The van der Waals surface area contributed by atoms with Crippen molar-refractivity contribution in [2.45, 2.75) is 19.4 Å². The van der Waals surface area contributed by atoms with Gasteiger partial charge in [-0.25, -0.2) is 5.48 Å². The van der Waals surface area contributed by atoms with Crippen molar-refractivity contribution in [2.75, 3.05) is 26.4 Å². The van der Waals surface area contributed by atoms with Gasteiger partial charge in [0, 0.05) is 17.7 Å². The zero-order valence-corrected chi connectivity index (χ0v) is 12.9. The van der Waals surface area contributed by atoms with Gasteiger partial charge in [0.05, 0.1) is 25.1 Å². The topological polar surface area (TPSA) is 88.1 Å². The number of fused-ring (bicyclic) bond motifs is 1. The molecule has 1 fully saturated rings. The Bertz CT molecular complexity index is 612. The molecule has 0 aromatic heterocycles. The molecule has 0 saturated carbocycles. The van der Waals surface area contributed by atoms with E-state index in [0.717, 1.165) is 12.0 Å². The molecule has 7 nitrogen and oxygen atoms in total. The molecule has 2 aliphatic heterocycles. The zero-order valence-electron chi connectivity index (χ0n) is 12.9. The van der Waals surface area contributed by atoms with Crippen molar-refractivity contribution in [1.29, 1.82) is 0 Å². The summed E-state index contributed by atoms with van der Waals surface area (Å²) in [7, 11) is 0. The van der Waals surface area contributed by atoms with E-state index in [0.29, 0.717) is 37.7 Å². The Morgan fingerprint density at radius 2 is 2.17 bits per heavy atom. The highest BCUT2D eigenvalue weighted by molar-refractivity contribution is 5.94. The summed E-state index contributed by atoms with van der Waals surface area (Å²) in [6.45, 7) is 3.91. The van der Waals surface area contributed by atoms with Crippen LogP contribution < -0.4 is 10.2 Å². The van der Waals surface area contributed by atoms with Crippen molar-refractivity contribution < 1.29 is 24.3 Å². The van der Waals surface area contributed by atoms with E-state index >= 15 is 0 Å². The van der Waals surface area contributed by atoms with Crippen LogP contribution in [0.25, 0.3) is 0 Å². The number of hydroxylamine groups is 1. The number of benzene rings is 1. The van der Waals surface area contributed by atoms with Crippen LogP contribution in [0.4, 0.5) is 0 Å². The van der Waals surface area contributed by atoms with Crippen LogP contribution in [0, 0.1) is 5.92 Å². The van der Waals surface area contributed by atoms with Gasteiger partial charge in [-0.3, -0.25) is 14.8 Å². The fraction of sp³-hybridized carbons (Fsp3) is 0.500. The quantitative estimate of drug-likeness (QED) is 0.630. The number of amides is 2. The van der Waals surface area contributed by atoms with Crippen LogP contribution in [0.2, 0.25) is 0 Å². The summed E-state index contributed by atoms with van der Waals surface area (Å²) in [5.41, 5.74) is 2.77. The second-order valence-corrected chi connectivity index (χ2v) is 5.81. The smallest absolute Gasteiger partial charge is 0.274 e. The summed E-state index contributed by atoms with van der Waals surface area (Å²) < 4.78 is 11.0. The average Bonchev–Trinajstić information content (AvgIpc) is 3.06. The molecule has 124 valence electrons. The summed E-state index contributed by atoms with van der Waals surface area (Å²) >= 11 is 0. The minimum Gasteiger partial charge on any atom is -0.491 e. The molecular formula is C16H20N2O5. The van der Waals surface area contributed by atoms with E-state index in [1.165, 1.54) is 0 Å². The fourth-order valence-electron chi connectivity index (χ4n) is 3.09.